The number of nitrogens with zero attached hydrogens (tertiary/aromatic N) is 3. The molecule has 3 N–H and O–H groups in total. The molecular formula is C12H21N5OS. The van der Waals surface area contributed by atoms with Crippen LogP contribution in [0.25, 0.3) is 0 Å². The van der Waals surface area contributed by atoms with Crippen molar-refractivity contribution in [2.24, 2.45) is 5.92 Å². The first-order valence-electron chi connectivity index (χ1n) is 6.67. The van der Waals surface area contributed by atoms with Gasteiger partial charge in [-0.2, -0.15) is 0 Å². The summed E-state index contributed by atoms with van der Waals surface area (Å²) in [5, 5.41) is 11.5. The van der Waals surface area contributed by atoms with Crippen molar-refractivity contribution in [3.8, 4) is 0 Å². The van der Waals surface area contributed by atoms with Gasteiger partial charge in [0.15, 0.2) is 0 Å². The zero-order chi connectivity index (χ0) is 13.8. The van der Waals surface area contributed by atoms with Gasteiger partial charge in [-0.25, -0.2) is 4.68 Å². The van der Waals surface area contributed by atoms with Gasteiger partial charge in [-0.15, -0.1) is 10.2 Å². The molecule has 1 aromatic heterocycles. The highest BCUT2D eigenvalue weighted by atomic mass is 32.2. The van der Waals surface area contributed by atoms with Crippen LogP contribution in [0.5, 0.6) is 0 Å². The zero-order valence-corrected chi connectivity index (χ0v) is 12.2. The van der Waals surface area contributed by atoms with Crippen LogP contribution in [0.2, 0.25) is 0 Å². The molecule has 0 aromatic carbocycles. The van der Waals surface area contributed by atoms with Crippen LogP contribution in [0, 0.1) is 12.8 Å². The van der Waals surface area contributed by atoms with Gasteiger partial charge in [0, 0.05) is 6.04 Å². The number of thioether (sulfide) groups is 1. The Morgan fingerprint density at radius 2 is 2.21 bits per heavy atom. The highest BCUT2D eigenvalue weighted by Gasteiger charge is 2.22. The number of aryl methyl sites for hydroxylation is 1. The average molecular weight is 283 g/mol. The smallest absolute Gasteiger partial charge is 0.230 e. The number of carbonyl (C=O) groups excluding carboxylic acids is 1. The van der Waals surface area contributed by atoms with E-state index in [2.05, 4.69) is 22.4 Å². The van der Waals surface area contributed by atoms with Crippen LogP contribution in [0.3, 0.4) is 0 Å². The molecule has 2 atom stereocenters. The molecule has 1 aliphatic rings. The van der Waals surface area contributed by atoms with Crippen molar-refractivity contribution >= 4 is 17.7 Å². The maximum atomic E-state index is 11.9. The second kappa shape index (κ2) is 6.27. The highest BCUT2D eigenvalue weighted by molar-refractivity contribution is 7.99. The number of nitrogens with one attached hydrogen (secondary N) is 1. The highest BCUT2D eigenvalue weighted by Crippen LogP contribution is 2.24. The predicted octanol–water partition coefficient (Wildman–Crippen LogP) is 1.09. The van der Waals surface area contributed by atoms with E-state index in [1.807, 2.05) is 0 Å². The topological polar surface area (TPSA) is 85.8 Å². The number of nitrogens with two attached hydrogens (primary N) is 1. The third kappa shape index (κ3) is 3.62. The SMILES string of the molecule is Cc1nnc(SCC(=O)N[C@H]2CCCC[C@H]2C)n1N. The van der Waals surface area contributed by atoms with Crippen LogP contribution < -0.4 is 11.2 Å². The van der Waals surface area contributed by atoms with Crippen LogP contribution in [0.1, 0.15) is 38.4 Å². The molecule has 0 bridgehead atoms. The average Bonchev–Trinajstić information content (AvgIpc) is 2.70. The fraction of sp³-hybridized carbons (Fsp3) is 0.750. The Hall–Kier alpha value is -1.24. The van der Waals surface area contributed by atoms with Gasteiger partial charge in [0.25, 0.3) is 0 Å². The van der Waals surface area contributed by atoms with Gasteiger partial charge in [-0.05, 0) is 25.7 Å². The van der Waals surface area contributed by atoms with Crippen molar-refractivity contribution in [1.29, 1.82) is 0 Å². The lowest BCUT2D eigenvalue weighted by molar-refractivity contribution is -0.119. The van der Waals surface area contributed by atoms with Crippen molar-refractivity contribution in [3.63, 3.8) is 0 Å². The minimum absolute atomic E-state index is 0.0457. The molecule has 1 aliphatic carbocycles. The quantitative estimate of drug-likeness (QED) is 0.638. The molecule has 0 aliphatic heterocycles. The molecule has 1 aromatic rings. The number of aromatic nitrogens is 3. The Kier molecular flexibility index (Phi) is 4.68. The molecule has 1 amide bonds. The van der Waals surface area contributed by atoms with E-state index in [1.54, 1.807) is 6.92 Å². The van der Waals surface area contributed by atoms with Crippen molar-refractivity contribution in [2.45, 2.75) is 50.7 Å². The summed E-state index contributed by atoms with van der Waals surface area (Å²) in [5.74, 6) is 7.33. The molecule has 0 unspecified atom stereocenters. The maximum absolute atomic E-state index is 11.9. The summed E-state index contributed by atoms with van der Waals surface area (Å²) in [5.41, 5.74) is 0. The van der Waals surface area contributed by atoms with Crippen molar-refractivity contribution < 1.29 is 4.79 Å². The largest absolute Gasteiger partial charge is 0.352 e. The molecule has 2 rings (SSSR count). The van der Waals surface area contributed by atoms with Gasteiger partial charge in [0.1, 0.15) is 5.82 Å². The fourth-order valence-electron chi connectivity index (χ4n) is 2.36. The van der Waals surface area contributed by atoms with Crippen LogP contribution in [-0.4, -0.2) is 32.6 Å². The molecule has 1 saturated carbocycles. The van der Waals surface area contributed by atoms with Crippen molar-refractivity contribution in [2.75, 3.05) is 11.6 Å². The van der Waals surface area contributed by atoms with Gasteiger partial charge in [0.05, 0.1) is 5.75 Å². The molecule has 0 radical (unpaired) electrons. The molecule has 6 nitrogen and oxygen atoms in total. The number of rotatable bonds is 4. The molecule has 19 heavy (non-hydrogen) atoms. The van der Waals surface area contributed by atoms with Crippen molar-refractivity contribution in [1.82, 2.24) is 20.2 Å². The Bertz CT molecular complexity index is 447. The number of amides is 1. The van der Waals surface area contributed by atoms with E-state index in [-0.39, 0.29) is 5.91 Å². The second-order valence-corrected chi connectivity index (χ2v) is 6.07. The summed E-state index contributed by atoms with van der Waals surface area (Å²) in [4.78, 5) is 11.9. The molecule has 1 fully saturated rings. The Labute approximate surface area is 117 Å². The van der Waals surface area contributed by atoms with E-state index in [9.17, 15) is 4.79 Å². The van der Waals surface area contributed by atoms with Crippen LogP contribution in [-0.2, 0) is 4.79 Å². The third-order valence-electron chi connectivity index (χ3n) is 3.63. The van der Waals surface area contributed by atoms with Crippen molar-refractivity contribution in [3.05, 3.63) is 5.82 Å². The number of hydrogen-bond donors (Lipinski definition) is 2. The van der Waals surface area contributed by atoms with Gasteiger partial charge in [0.2, 0.25) is 11.1 Å². The van der Waals surface area contributed by atoms with Gasteiger partial charge < -0.3 is 11.2 Å². The predicted molar refractivity (Wildman–Crippen MR) is 75.2 cm³/mol. The number of carbonyl (C=O) groups is 1. The molecule has 0 spiro atoms. The fourth-order valence-corrected chi connectivity index (χ4v) is 3.07. The summed E-state index contributed by atoms with van der Waals surface area (Å²) < 4.78 is 1.40. The van der Waals surface area contributed by atoms with E-state index >= 15 is 0 Å². The third-order valence-corrected chi connectivity index (χ3v) is 4.57. The van der Waals surface area contributed by atoms with E-state index in [1.165, 1.54) is 35.7 Å². The first-order valence-corrected chi connectivity index (χ1v) is 7.65. The Balaban J connectivity index is 1.80. The maximum Gasteiger partial charge on any atom is 0.230 e. The first kappa shape index (κ1) is 14.2. The molecule has 7 heteroatoms. The van der Waals surface area contributed by atoms with Gasteiger partial charge in [-0.1, -0.05) is 31.5 Å². The lowest BCUT2D eigenvalue weighted by atomic mass is 9.86. The molecule has 106 valence electrons. The van der Waals surface area contributed by atoms with Crippen LogP contribution in [0.4, 0.5) is 0 Å². The number of nitrogen functional groups attached to an aromatic ring is 1. The summed E-state index contributed by atoms with van der Waals surface area (Å²) >= 11 is 1.32. The molecule has 1 heterocycles. The summed E-state index contributed by atoms with van der Waals surface area (Å²) in [6.45, 7) is 3.98. The molecular weight excluding hydrogens is 262 g/mol. The first-order chi connectivity index (χ1) is 9.08. The minimum Gasteiger partial charge on any atom is -0.352 e. The zero-order valence-electron chi connectivity index (χ0n) is 11.4. The minimum atomic E-state index is 0.0457. The Morgan fingerprint density at radius 1 is 1.47 bits per heavy atom. The lowest BCUT2D eigenvalue weighted by Crippen LogP contribution is -2.41. The van der Waals surface area contributed by atoms with Gasteiger partial charge >= 0.3 is 0 Å². The van der Waals surface area contributed by atoms with Gasteiger partial charge in [-0.3, -0.25) is 4.79 Å². The lowest BCUT2D eigenvalue weighted by Gasteiger charge is -2.29. The van der Waals surface area contributed by atoms with Crippen LogP contribution >= 0.6 is 11.8 Å². The Morgan fingerprint density at radius 3 is 2.84 bits per heavy atom. The second-order valence-electron chi connectivity index (χ2n) is 5.12. The van der Waals surface area contributed by atoms with E-state index in [4.69, 9.17) is 5.84 Å². The normalized spacial score (nSPS) is 23.3. The summed E-state index contributed by atoms with van der Waals surface area (Å²) in [7, 11) is 0. The van der Waals surface area contributed by atoms with E-state index in [0.29, 0.717) is 28.7 Å². The van der Waals surface area contributed by atoms with E-state index in [0.717, 1.165) is 6.42 Å². The number of hydrogen-bond acceptors (Lipinski definition) is 5. The standard InChI is InChI=1S/C12H21N5OS/c1-8-5-3-4-6-10(8)14-11(18)7-19-12-16-15-9(2)17(12)13/h8,10H,3-7,13H2,1-2H3,(H,14,18)/t8-,10+/m1/s1. The monoisotopic (exact) mass is 283 g/mol. The summed E-state index contributed by atoms with van der Waals surface area (Å²) in [6.07, 6.45) is 4.77. The molecule has 0 saturated heterocycles. The van der Waals surface area contributed by atoms with Crippen LogP contribution in [0.15, 0.2) is 5.16 Å². The summed E-state index contributed by atoms with van der Waals surface area (Å²) in [6, 6.07) is 0.319. The van der Waals surface area contributed by atoms with E-state index < -0.39 is 0 Å².